The van der Waals surface area contributed by atoms with E-state index >= 15 is 0 Å². The molecule has 0 radical (unpaired) electrons. The second kappa shape index (κ2) is 7.20. The molecule has 0 amide bonds. The number of nitrogen functional groups attached to an aromatic ring is 1. The molecule has 9 heteroatoms. The van der Waals surface area contributed by atoms with Gasteiger partial charge in [0.05, 0.1) is 24.6 Å². The normalized spacial score (nSPS) is 18.3. The molecule has 2 heterocycles. The second-order valence-electron chi connectivity index (χ2n) is 6.87. The van der Waals surface area contributed by atoms with Gasteiger partial charge in [-0.15, -0.1) is 0 Å². The minimum absolute atomic E-state index is 0.0354. The highest BCUT2D eigenvalue weighted by molar-refractivity contribution is 7.97. The standard InChI is InChI=1S/C18H20F3N5S/c19-18(20,21)27-26-7-6-25(11-17-23-8-13(22)9-24-17)16-3-1-2-14(12-4-5-12)15(16)10-26/h1-3,8-9,12H,4-7,10-11,22H2. The number of rotatable bonds is 4. The van der Waals surface area contributed by atoms with Crippen molar-refractivity contribution in [2.24, 2.45) is 0 Å². The Labute approximate surface area is 159 Å². The van der Waals surface area contributed by atoms with E-state index in [4.69, 9.17) is 5.73 Å². The summed E-state index contributed by atoms with van der Waals surface area (Å²) in [6.07, 6.45) is 5.30. The smallest absolute Gasteiger partial charge is 0.396 e. The van der Waals surface area contributed by atoms with Gasteiger partial charge in [0.2, 0.25) is 0 Å². The van der Waals surface area contributed by atoms with Crippen molar-refractivity contribution >= 4 is 23.3 Å². The van der Waals surface area contributed by atoms with Crippen molar-refractivity contribution in [3.8, 4) is 0 Å². The van der Waals surface area contributed by atoms with E-state index in [0.29, 0.717) is 37.1 Å². The SMILES string of the molecule is Nc1cnc(CN2CCN(SC(F)(F)F)Cc3c(C4CC4)cccc32)nc1. The summed E-state index contributed by atoms with van der Waals surface area (Å²) in [5.74, 6) is 1.06. The molecule has 1 aliphatic carbocycles. The highest BCUT2D eigenvalue weighted by Gasteiger charge is 2.36. The number of alkyl halides is 3. The lowest BCUT2D eigenvalue weighted by atomic mass is 10.0. The molecule has 27 heavy (non-hydrogen) atoms. The van der Waals surface area contributed by atoms with Crippen LogP contribution >= 0.6 is 11.9 Å². The highest BCUT2D eigenvalue weighted by Crippen LogP contribution is 2.46. The molecule has 1 aromatic heterocycles. The summed E-state index contributed by atoms with van der Waals surface area (Å²) >= 11 is -0.0354. The van der Waals surface area contributed by atoms with Gasteiger partial charge in [-0.25, -0.2) is 14.3 Å². The van der Waals surface area contributed by atoms with E-state index in [0.717, 1.165) is 24.1 Å². The van der Waals surface area contributed by atoms with Crippen LogP contribution in [0.15, 0.2) is 30.6 Å². The Bertz CT molecular complexity index is 808. The van der Waals surface area contributed by atoms with E-state index in [1.54, 1.807) is 12.4 Å². The van der Waals surface area contributed by atoms with Crippen molar-refractivity contribution < 1.29 is 13.2 Å². The van der Waals surface area contributed by atoms with Crippen molar-refractivity contribution in [3.05, 3.63) is 47.5 Å². The summed E-state index contributed by atoms with van der Waals surface area (Å²) in [6.45, 7) is 1.49. The molecule has 4 rings (SSSR count). The van der Waals surface area contributed by atoms with Crippen LogP contribution in [0.3, 0.4) is 0 Å². The first-order valence-corrected chi connectivity index (χ1v) is 9.60. The molecule has 2 aromatic rings. The molecule has 1 saturated carbocycles. The molecular weight excluding hydrogens is 375 g/mol. The maximum atomic E-state index is 13.0. The Morgan fingerprint density at radius 1 is 1.15 bits per heavy atom. The Morgan fingerprint density at radius 3 is 2.56 bits per heavy atom. The van der Waals surface area contributed by atoms with Gasteiger partial charge in [0, 0.05) is 37.3 Å². The first-order chi connectivity index (χ1) is 12.9. The number of nitrogens with two attached hydrogens (primary N) is 1. The highest BCUT2D eigenvalue weighted by atomic mass is 32.2. The average Bonchev–Trinajstić information content (AvgIpc) is 3.44. The van der Waals surface area contributed by atoms with Crippen LogP contribution < -0.4 is 10.6 Å². The molecule has 0 spiro atoms. The molecule has 0 saturated heterocycles. The maximum absolute atomic E-state index is 13.0. The predicted octanol–water partition coefficient (Wildman–Crippen LogP) is 3.93. The van der Waals surface area contributed by atoms with Gasteiger partial charge in [0.1, 0.15) is 5.82 Å². The number of hydrogen-bond donors (Lipinski definition) is 1. The van der Waals surface area contributed by atoms with Gasteiger partial charge >= 0.3 is 5.51 Å². The van der Waals surface area contributed by atoms with Crippen LogP contribution in [-0.4, -0.2) is 32.9 Å². The van der Waals surface area contributed by atoms with E-state index in [1.807, 2.05) is 12.1 Å². The predicted molar refractivity (Wildman–Crippen MR) is 100.0 cm³/mol. The third-order valence-electron chi connectivity index (χ3n) is 4.79. The van der Waals surface area contributed by atoms with Crippen LogP contribution in [0.4, 0.5) is 24.5 Å². The van der Waals surface area contributed by atoms with Crippen LogP contribution in [-0.2, 0) is 13.1 Å². The van der Waals surface area contributed by atoms with Gasteiger partial charge < -0.3 is 10.6 Å². The van der Waals surface area contributed by atoms with Crippen LogP contribution in [0.2, 0.25) is 0 Å². The first kappa shape index (κ1) is 18.4. The van der Waals surface area contributed by atoms with Crippen molar-refractivity contribution in [1.82, 2.24) is 14.3 Å². The zero-order valence-electron chi connectivity index (χ0n) is 14.6. The van der Waals surface area contributed by atoms with E-state index < -0.39 is 5.51 Å². The van der Waals surface area contributed by atoms with E-state index in [-0.39, 0.29) is 18.5 Å². The molecule has 0 atom stereocenters. The Kier molecular flexibility index (Phi) is 4.90. The van der Waals surface area contributed by atoms with Gasteiger partial charge in [0.15, 0.2) is 0 Å². The molecule has 5 nitrogen and oxygen atoms in total. The Morgan fingerprint density at radius 2 is 1.89 bits per heavy atom. The number of benzene rings is 1. The fraction of sp³-hybridized carbons (Fsp3) is 0.444. The number of aromatic nitrogens is 2. The van der Waals surface area contributed by atoms with E-state index in [9.17, 15) is 13.2 Å². The van der Waals surface area contributed by atoms with Gasteiger partial charge in [-0.1, -0.05) is 12.1 Å². The topological polar surface area (TPSA) is 58.3 Å². The zero-order valence-corrected chi connectivity index (χ0v) is 15.4. The zero-order chi connectivity index (χ0) is 19.0. The number of halogens is 3. The van der Waals surface area contributed by atoms with Gasteiger partial charge in [-0.2, -0.15) is 13.2 Å². The van der Waals surface area contributed by atoms with E-state index in [1.165, 1.54) is 9.87 Å². The minimum atomic E-state index is -4.29. The molecule has 2 aliphatic rings. The summed E-state index contributed by atoms with van der Waals surface area (Å²) in [7, 11) is 0. The molecular formula is C18H20F3N5S. The minimum Gasteiger partial charge on any atom is -0.396 e. The second-order valence-corrected chi connectivity index (χ2v) is 8.04. The summed E-state index contributed by atoms with van der Waals surface area (Å²) in [6, 6.07) is 6.03. The number of fused-ring (bicyclic) bond motifs is 1. The monoisotopic (exact) mass is 395 g/mol. The van der Waals surface area contributed by atoms with Crippen LogP contribution in [0, 0.1) is 0 Å². The number of anilines is 2. The number of nitrogens with zero attached hydrogens (tertiary/aromatic N) is 4. The fourth-order valence-electron chi connectivity index (χ4n) is 3.45. The lowest BCUT2D eigenvalue weighted by molar-refractivity contribution is -0.0363. The summed E-state index contributed by atoms with van der Waals surface area (Å²) < 4.78 is 40.3. The number of hydrogen-bond acceptors (Lipinski definition) is 6. The summed E-state index contributed by atoms with van der Waals surface area (Å²) in [4.78, 5) is 10.6. The first-order valence-electron chi connectivity index (χ1n) is 8.83. The molecule has 144 valence electrons. The largest absolute Gasteiger partial charge is 0.456 e. The Hall–Kier alpha value is -2.00. The lowest BCUT2D eigenvalue weighted by Gasteiger charge is -2.25. The summed E-state index contributed by atoms with van der Waals surface area (Å²) in [5, 5.41) is 0. The quantitative estimate of drug-likeness (QED) is 0.792. The maximum Gasteiger partial charge on any atom is 0.456 e. The lowest BCUT2D eigenvalue weighted by Crippen LogP contribution is -2.30. The third kappa shape index (κ3) is 4.47. The van der Waals surface area contributed by atoms with Crippen molar-refractivity contribution in [2.45, 2.75) is 37.4 Å². The molecule has 1 fully saturated rings. The van der Waals surface area contributed by atoms with Crippen LogP contribution in [0.5, 0.6) is 0 Å². The van der Waals surface area contributed by atoms with Crippen molar-refractivity contribution in [1.29, 1.82) is 0 Å². The molecule has 2 N–H and O–H groups in total. The summed E-state index contributed by atoms with van der Waals surface area (Å²) in [5.41, 5.74) is 4.98. The van der Waals surface area contributed by atoms with Crippen LogP contribution in [0.25, 0.3) is 0 Å². The van der Waals surface area contributed by atoms with Crippen molar-refractivity contribution in [2.75, 3.05) is 23.7 Å². The van der Waals surface area contributed by atoms with Gasteiger partial charge in [-0.3, -0.25) is 0 Å². The third-order valence-corrected chi connectivity index (χ3v) is 5.57. The van der Waals surface area contributed by atoms with Crippen molar-refractivity contribution in [3.63, 3.8) is 0 Å². The molecule has 1 aliphatic heterocycles. The van der Waals surface area contributed by atoms with Crippen LogP contribution in [0.1, 0.15) is 35.7 Å². The average molecular weight is 395 g/mol. The van der Waals surface area contributed by atoms with Gasteiger partial charge in [0.25, 0.3) is 0 Å². The molecule has 0 unspecified atom stereocenters. The van der Waals surface area contributed by atoms with Gasteiger partial charge in [-0.05, 0) is 36.0 Å². The fourth-order valence-corrected chi connectivity index (χ4v) is 4.11. The molecule has 1 aromatic carbocycles. The Balaban J connectivity index is 1.65. The van der Waals surface area contributed by atoms with E-state index in [2.05, 4.69) is 20.9 Å². The molecule has 0 bridgehead atoms.